The molecule has 8 heteroatoms. The molecule has 2 aromatic rings. The van der Waals surface area contributed by atoms with Gasteiger partial charge in [-0.1, -0.05) is 18.2 Å². The van der Waals surface area contributed by atoms with E-state index < -0.39 is 12.5 Å². The van der Waals surface area contributed by atoms with Crippen LogP contribution in [-0.4, -0.2) is 16.8 Å². The van der Waals surface area contributed by atoms with Crippen LogP contribution in [0, 0.1) is 18.3 Å². The third-order valence-electron chi connectivity index (χ3n) is 3.58. The SMILES string of the molecule is Cc1[nH]nc2c1C(c1ccccc1OC(F)F)C(C#N)=C(N)O2. The summed E-state index contributed by atoms with van der Waals surface area (Å²) in [7, 11) is 0. The molecule has 3 N–H and O–H groups in total. The first-order valence-electron chi connectivity index (χ1n) is 6.69. The summed E-state index contributed by atoms with van der Waals surface area (Å²) in [5, 5.41) is 16.2. The Hall–Kier alpha value is -3.08. The molecule has 1 aromatic carbocycles. The van der Waals surface area contributed by atoms with Crippen molar-refractivity contribution in [3.05, 3.63) is 52.5 Å². The van der Waals surface area contributed by atoms with Crippen LogP contribution in [0.15, 0.2) is 35.7 Å². The zero-order valence-electron chi connectivity index (χ0n) is 12.0. The second-order valence-corrected chi connectivity index (χ2v) is 4.91. The van der Waals surface area contributed by atoms with Crippen LogP contribution < -0.4 is 15.2 Å². The van der Waals surface area contributed by atoms with Crippen LogP contribution in [-0.2, 0) is 0 Å². The third kappa shape index (κ3) is 2.46. The summed E-state index contributed by atoms with van der Waals surface area (Å²) in [6.45, 7) is -1.23. The highest BCUT2D eigenvalue weighted by Crippen LogP contribution is 2.45. The van der Waals surface area contributed by atoms with E-state index in [4.69, 9.17) is 10.5 Å². The number of fused-ring (bicyclic) bond motifs is 1. The zero-order valence-corrected chi connectivity index (χ0v) is 12.0. The number of halogens is 2. The van der Waals surface area contributed by atoms with Gasteiger partial charge in [0, 0.05) is 16.8 Å². The average molecular weight is 318 g/mol. The number of allylic oxidation sites excluding steroid dienone is 1. The second kappa shape index (κ2) is 5.61. The van der Waals surface area contributed by atoms with Crippen LogP contribution in [0.3, 0.4) is 0 Å². The Bertz CT molecular complexity index is 823. The fraction of sp³-hybridized carbons (Fsp3) is 0.200. The molecule has 6 nitrogen and oxygen atoms in total. The smallest absolute Gasteiger partial charge is 0.387 e. The van der Waals surface area contributed by atoms with Crippen molar-refractivity contribution in [2.24, 2.45) is 5.73 Å². The molecule has 1 aromatic heterocycles. The molecule has 0 saturated carbocycles. The van der Waals surface area contributed by atoms with Crippen LogP contribution in [0.5, 0.6) is 11.6 Å². The van der Waals surface area contributed by atoms with Gasteiger partial charge in [0.1, 0.15) is 17.4 Å². The van der Waals surface area contributed by atoms with Crippen molar-refractivity contribution in [2.75, 3.05) is 0 Å². The largest absolute Gasteiger partial charge is 0.435 e. The predicted octanol–water partition coefficient (Wildman–Crippen LogP) is 2.54. The Kier molecular flexibility index (Phi) is 3.62. The zero-order chi connectivity index (χ0) is 16.6. The van der Waals surface area contributed by atoms with Crippen molar-refractivity contribution in [3.8, 4) is 17.7 Å². The van der Waals surface area contributed by atoms with Crippen molar-refractivity contribution in [1.29, 1.82) is 5.26 Å². The quantitative estimate of drug-likeness (QED) is 0.906. The maximum atomic E-state index is 12.7. The van der Waals surface area contributed by atoms with E-state index in [1.54, 1.807) is 25.1 Å². The molecular weight excluding hydrogens is 306 g/mol. The van der Waals surface area contributed by atoms with E-state index >= 15 is 0 Å². The van der Waals surface area contributed by atoms with Gasteiger partial charge in [-0.25, -0.2) is 0 Å². The number of ether oxygens (including phenoxy) is 2. The standard InChI is InChI=1S/C15H12F2N4O2/c1-7-11-12(8-4-2-3-5-10(8)22-15(16)17)9(6-18)13(19)23-14(11)21-20-7/h2-5,12,15H,19H2,1H3,(H,20,21). The fourth-order valence-electron chi connectivity index (χ4n) is 2.63. The monoisotopic (exact) mass is 318 g/mol. The second-order valence-electron chi connectivity index (χ2n) is 4.91. The molecule has 0 fully saturated rings. The Morgan fingerprint density at radius 2 is 2.17 bits per heavy atom. The minimum Gasteiger partial charge on any atom is -0.435 e. The van der Waals surface area contributed by atoms with Gasteiger partial charge in [-0.3, -0.25) is 5.10 Å². The number of para-hydroxylation sites is 1. The summed E-state index contributed by atoms with van der Waals surface area (Å²) in [6, 6.07) is 8.25. The maximum Gasteiger partial charge on any atom is 0.387 e. The van der Waals surface area contributed by atoms with Crippen LogP contribution in [0.4, 0.5) is 8.78 Å². The van der Waals surface area contributed by atoms with E-state index in [2.05, 4.69) is 14.9 Å². The van der Waals surface area contributed by atoms with Crippen molar-refractivity contribution in [3.63, 3.8) is 0 Å². The van der Waals surface area contributed by atoms with Crippen molar-refractivity contribution < 1.29 is 18.3 Å². The minimum atomic E-state index is -2.98. The highest BCUT2D eigenvalue weighted by molar-refractivity contribution is 5.57. The third-order valence-corrected chi connectivity index (χ3v) is 3.58. The lowest BCUT2D eigenvalue weighted by molar-refractivity contribution is -0.0504. The highest BCUT2D eigenvalue weighted by atomic mass is 19.3. The number of aryl methyl sites for hydroxylation is 1. The molecule has 23 heavy (non-hydrogen) atoms. The Morgan fingerprint density at radius 3 is 2.87 bits per heavy atom. The first-order chi connectivity index (χ1) is 11.0. The molecule has 118 valence electrons. The van der Waals surface area contributed by atoms with Gasteiger partial charge >= 0.3 is 6.61 Å². The number of H-pyrrole nitrogens is 1. The Morgan fingerprint density at radius 1 is 1.43 bits per heavy atom. The maximum absolute atomic E-state index is 12.7. The number of hydrogen-bond acceptors (Lipinski definition) is 5. The lowest BCUT2D eigenvalue weighted by Gasteiger charge is -2.25. The molecule has 0 bridgehead atoms. The number of nitrogens with zero attached hydrogens (tertiary/aromatic N) is 2. The summed E-state index contributed by atoms with van der Waals surface area (Å²) >= 11 is 0. The highest BCUT2D eigenvalue weighted by Gasteiger charge is 2.36. The van der Waals surface area contributed by atoms with E-state index in [1.165, 1.54) is 6.07 Å². The molecule has 1 aliphatic rings. The van der Waals surface area contributed by atoms with Gasteiger partial charge in [0.05, 0.1) is 5.92 Å². The van der Waals surface area contributed by atoms with E-state index in [0.29, 0.717) is 16.8 Å². The van der Waals surface area contributed by atoms with Gasteiger partial charge in [-0.05, 0) is 13.0 Å². The van der Waals surface area contributed by atoms with Crippen LogP contribution in [0.25, 0.3) is 0 Å². The van der Waals surface area contributed by atoms with Gasteiger partial charge < -0.3 is 15.2 Å². The number of aromatic amines is 1. The molecule has 0 amide bonds. The van der Waals surface area contributed by atoms with E-state index in [0.717, 1.165) is 0 Å². The molecule has 0 spiro atoms. The van der Waals surface area contributed by atoms with Crippen molar-refractivity contribution >= 4 is 0 Å². The first-order valence-corrected chi connectivity index (χ1v) is 6.69. The molecule has 1 atom stereocenters. The molecule has 0 aliphatic carbocycles. The summed E-state index contributed by atoms with van der Waals surface area (Å²) in [5.41, 5.74) is 7.51. The normalized spacial score (nSPS) is 16.7. The lowest BCUT2D eigenvalue weighted by Crippen LogP contribution is -2.21. The van der Waals surface area contributed by atoms with Gasteiger partial charge in [-0.15, -0.1) is 5.10 Å². The molecule has 0 radical (unpaired) electrons. The number of benzene rings is 1. The Balaban J connectivity index is 2.22. The number of rotatable bonds is 3. The van der Waals surface area contributed by atoms with E-state index in [-0.39, 0.29) is 23.1 Å². The lowest BCUT2D eigenvalue weighted by atomic mass is 9.83. The molecule has 2 heterocycles. The van der Waals surface area contributed by atoms with E-state index in [1.807, 2.05) is 6.07 Å². The molecule has 3 rings (SSSR count). The van der Waals surface area contributed by atoms with Gasteiger partial charge in [0.15, 0.2) is 0 Å². The number of aromatic nitrogens is 2. The van der Waals surface area contributed by atoms with Gasteiger partial charge in [0.25, 0.3) is 0 Å². The van der Waals surface area contributed by atoms with Gasteiger partial charge in [-0.2, -0.15) is 14.0 Å². The number of nitrogens with one attached hydrogen (secondary N) is 1. The van der Waals surface area contributed by atoms with Crippen molar-refractivity contribution in [2.45, 2.75) is 19.5 Å². The molecule has 0 saturated heterocycles. The molecular formula is C15H12F2N4O2. The number of alkyl halides is 2. The topological polar surface area (TPSA) is 97.0 Å². The fourth-order valence-corrected chi connectivity index (χ4v) is 2.63. The summed E-state index contributed by atoms with van der Waals surface area (Å²) in [5.74, 6) is -0.613. The minimum absolute atomic E-state index is 0.0264. The number of nitriles is 1. The summed E-state index contributed by atoms with van der Waals surface area (Å²) in [4.78, 5) is 0. The van der Waals surface area contributed by atoms with Gasteiger partial charge in [0.2, 0.25) is 11.8 Å². The van der Waals surface area contributed by atoms with Crippen LogP contribution in [0.2, 0.25) is 0 Å². The number of nitrogens with two attached hydrogens (primary N) is 1. The molecule has 1 unspecified atom stereocenters. The summed E-state index contributed by atoms with van der Waals surface area (Å²) < 4.78 is 35.3. The van der Waals surface area contributed by atoms with Crippen molar-refractivity contribution in [1.82, 2.24) is 10.2 Å². The van der Waals surface area contributed by atoms with E-state index in [9.17, 15) is 14.0 Å². The first kappa shape index (κ1) is 14.8. The van der Waals surface area contributed by atoms with Crippen LogP contribution in [0.1, 0.15) is 22.7 Å². The number of hydrogen-bond donors (Lipinski definition) is 2. The summed E-state index contributed by atoms with van der Waals surface area (Å²) in [6.07, 6.45) is 0. The Labute approximate surface area is 130 Å². The molecule has 1 aliphatic heterocycles. The van der Waals surface area contributed by atoms with Crippen LogP contribution >= 0.6 is 0 Å². The average Bonchev–Trinajstić information content (AvgIpc) is 2.87. The predicted molar refractivity (Wildman–Crippen MR) is 75.7 cm³/mol.